The SMILES string of the molecule is Nc1ccccc1CNC[C@@H](O)[C@H](Cc1ccccc1)NC(=O)O. The van der Waals surface area contributed by atoms with E-state index in [9.17, 15) is 9.90 Å². The highest BCUT2D eigenvalue weighted by molar-refractivity contribution is 5.65. The lowest BCUT2D eigenvalue weighted by Crippen LogP contribution is -2.48. The van der Waals surface area contributed by atoms with Crippen molar-refractivity contribution in [3.63, 3.8) is 0 Å². The molecule has 0 heterocycles. The van der Waals surface area contributed by atoms with Crippen LogP contribution in [0.4, 0.5) is 10.5 Å². The molecule has 0 aliphatic rings. The molecule has 1 amide bonds. The van der Waals surface area contributed by atoms with Gasteiger partial charge in [0.1, 0.15) is 0 Å². The number of hydrogen-bond donors (Lipinski definition) is 5. The number of amides is 1. The number of nitrogens with two attached hydrogens (primary N) is 1. The van der Waals surface area contributed by atoms with E-state index in [0.717, 1.165) is 11.1 Å². The molecule has 0 aliphatic heterocycles. The lowest BCUT2D eigenvalue weighted by atomic mass is 10.0. The zero-order valence-corrected chi connectivity index (χ0v) is 13.4. The number of para-hydroxylation sites is 1. The largest absolute Gasteiger partial charge is 0.465 e. The molecule has 2 aromatic carbocycles. The lowest BCUT2D eigenvalue weighted by Gasteiger charge is -2.23. The second-order valence-corrected chi connectivity index (χ2v) is 5.64. The predicted octanol–water partition coefficient (Wildman–Crippen LogP) is 1.60. The summed E-state index contributed by atoms with van der Waals surface area (Å²) < 4.78 is 0. The maximum atomic E-state index is 11.0. The Bertz CT molecular complexity index is 649. The third-order valence-corrected chi connectivity index (χ3v) is 3.80. The van der Waals surface area contributed by atoms with Crippen LogP contribution in [0.15, 0.2) is 54.6 Å². The Hall–Kier alpha value is -2.57. The van der Waals surface area contributed by atoms with E-state index in [1.54, 1.807) is 0 Å². The van der Waals surface area contributed by atoms with Gasteiger partial charge in [-0.05, 0) is 23.6 Å². The van der Waals surface area contributed by atoms with Gasteiger partial charge in [0.05, 0.1) is 12.1 Å². The molecule has 2 aromatic rings. The molecule has 0 aliphatic carbocycles. The number of aliphatic hydroxyl groups is 1. The molecule has 0 saturated carbocycles. The number of aliphatic hydroxyl groups excluding tert-OH is 1. The van der Waals surface area contributed by atoms with Crippen LogP contribution in [0.1, 0.15) is 11.1 Å². The minimum atomic E-state index is -1.15. The minimum Gasteiger partial charge on any atom is -0.465 e. The van der Waals surface area contributed by atoms with Gasteiger partial charge in [-0.25, -0.2) is 4.79 Å². The van der Waals surface area contributed by atoms with E-state index in [1.165, 1.54) is 0 Å². The Labute approximate surface area is 141 Å². The van der Waals surface area contributed by atoms with Gasteiger partial charge in [0.15, 0.2) is 0 Å². The zero-order chi connectivity index (χ0) is 17.4. The summed E-state index contributed by atoms with van der Waals surface area (Å²) in [4.78, 5) is 11.0. The standard InChI is InChI=1S/C18H23N3O3/c19-15-9-5-4-8-14(15)11-20-12-17(22)16(21-18(23)24)10-13-6-2-1-3-7-13/h1-9,16-17,20-22H,10-12,19H2,(H,23,24)/t16-,17+/m0/s1. The van der Waals surface area contributed by atoms with E-state index >= 15 is 0 Å². The van der Waals surface area contributed by atoms with Gasteiger partial charge in [0.25, 0.3) is 0 Å². The Balaban J connectivity index is 1.91. The van der Waals surface area contributed by atoms with Crippen LogP contribution in [0.5, 0.6) is 0 Å². The summed E-state index contributed by atoms with van der Waals surface area (Å²) in [5.74, 6) is 0. The molecule has 6 heteroatoms. The van der Waals surface area contributed by atoms with Gasteiger partial charge < -0.3 is 26.6 Å². The second-order valence-electron chi connectivity index (χ2n) is 5.64. The highest BCUT2D eigenvalue weighted by atomic mass is 16.4. The van der Waals surface area contributed by atoms with Gasteiger partial charge in [-0.2, -0.15) is 0 Å². The number of anilines is 1. The number of rotatable bonds is 8. The molecule has 2 atom stereocenters. The predicted molar refractivity (Wildman–Crippen MR) is 93.7 cm³/mol. The van der Waals surface area contributed by atoms with E-state index in [1.807, 2.05) is 54.6 Å². The van der Waals surface area contributed by atoms with Crippen molar-refractivity contribution < 1.29 is 15.0 Å². The third kappa shape index (κ3) is 5.57. The first-order valence-electron chi connectivity index (χ1n) is 7.82. The minimum absolute atomic E-state index is 0.256. The molecule has 6 N–H and O–H groups in total. The summed E-state index contributed by atoms with van der Waals surface area (Å²) in [6.45, 7) is 0.765. The molecule has 24 heavy (non-hydrogen) atoms. The molecule has 0 unspecified atom stereocenters. The quantitative estimate of drug-likeness (QED) is 0.473. The molecule has 0 fully saturated rings. The number of carboxylic acid groups (broad SMARTS) is 1. The van der Waals surface area contributed by atoms with E-state index in [0.29, 0.717) is 18.7 Å². The Morgan fingerprint density at radius 1 is 1.08 bits per heavy atom. The van der Waals surface area contributed by atoms with Crippen molar-refractivity contribution in [3.05, 3.63) is 65.7 Å². The van der Waals surface area contributed by atoms with Crippen LogP contribution >= 0.6 is 0 Å². The zero-order valence-electron chi connectivity index (χ0n) is 13.4. The number of carbonyl (C=O) groups is 1. The Morgan fingerprint density at radius 3 is 2.42 bits per heavy atom. The molecule has 0 aromatic heterocycles. The molecule has 2 rings (SSSR count). The van der Waals surface area contributed by atoms with E-state index in [4.69, 9.17) is 10.8 Å². The number of nitrogens with one attached hydrogen (secondary N) is 2. The molecule has 0 saturated heterocycles. The fraction of sp³-hybridized carbons (Fsp3) is 0.278. The summed E-state index contributed by atoms with van der Waals surface area (Å²) >= 11 is 0. The van der Waals surface area contributed by atoms with Crippen molar-refractivity contribution in [2.75, 3.05) is 12.3 Å². The van der Waals surface area contributed by atoms with Crippen LogP contribution in [-0.4, -0.2) is 35.0 Å². The number of hydrogen-bond acceptors (Lipinski definition) is 4. The maximum absolute atomic E-state index is 11.0. The van der Waals surface area contributed by atoms with Crippen molar-refractivity contribution in [3.8, 4) is 0 Å². The molecule has 0 radical (unpaired) electrons. The molecule has 128 valence electrons. The molecule has 0 spiro atoms. The van der Waals surface area contributed by atoms with Crippen LogP contribution in [0.3, 0.4) is 0 Å². The van der Waals surface area contributed by atoms with E-state index in [-0.39, 0.29) is 6.54 Å². The van der Waals surface area contributed by atoms with Crippen molar-refractivity contribution in [2.24, 2.45) is 0 Å². The lowest BCUT2D eigenvalue weighted by molar-refractivity contribution is 0.117. The number of benzene rings is 2. The average molecular weight is 329 g/mol. The van der Waals surface area contributed by atoms with Crippen LogP contribution < -0.4 is 16.4 Å². The summed E-state index contributed by atoms with van der Waals surface area (Å²) in [5, 5.41) is 24.8. The fourth-order valence-electron chi connectivity index (χ4n) is 2.50. The molecule has 6 nitrogen and oxygen atoms in total. The van der Waals surface area contributed by atoms with Gasteiger partial charge in [-0.1, -0.05) is 48.5 Å². The molecular weight excluding hydrogens is 306 g/mol. The van der Waals surface area contributed by atoms with Crippen LogP contribution in [-0.2, 0) is 13.0 Å². The topological polar surface area (TPSA) is 108 Å². The first-order chi connectivity index (χ1) is 11.6. The van der Waals surface area contributed by atoms with Crippen LogP contribution in [0, 0.1) is 0 Å². The van der Waals surface area contributed by atoms with Crippen molar-refractivity contribution >= 4 is 11.8 Å². The van der Waals surface area contributed by atoms with Crippen molar-refractivity contribution in [2.45, 2.75) is 25.1 Å². The fourth-order valence-corrected chi connectivity index (χ4v) is 2.50. The normalized spacial score (nSPS) is 13.2. The monoisotopic (exact) mass is 329 g/mol. The first kappa shape index (κ1) is 17.8. The second kappa shape index (κ2) is 8.90. The van der Waals surface area contributed by atoms with E-state index in [2.05, 4.69) is 10.6 Å². The van der Waals surface area contributed by atoms with Crippen molar-refractivity contribution in [1.29, 1.82) is 0 Å². The highest BCUT2D eigenvalue weighted by Gasteiger charge is 2.21. The Morgan fingerprint density at radius 2 is 1.75 bits per heavy atom. The van der Waals surface area contributed by atoms with Gasteiger partial charge in [0.2, 0.25) is 0 Å². The summed E-state index contributed by atoms with van der Waals surface area (Å²) in [6, 6.07) is 16.4. The number of nitrogen functional groups attached to an aromatic ring is 1. The first-order valence-corrected chi connectivity index (χ1v) is 7.82. The Kier molecular flexibility index (Phi) is 6.60. The van der Waals surface area contributed by atoms with Gasteiger partial charge >= 0.3 is 6.09 Å². The smallest absolute Gasteiger partial charge is 0.404 e. The van der Waals surface area contributed by atoms with Crippen LogP contribution in [0.25, 0.3) is 0 Å². The van der Waals surface area contributed by atoms with Gasteiger partial charge in [-0.3, -0.25) is 0 Å². The summed E-state index contributed by atoms with van der Waals surface area (Å²) in [6.07, 6.45) is -1.59. The summed E-state index contributed by atoms with van der Waals surface area (Å²) in [7, 11) is 0. The highest BCUT2D eigenvalue weighted by Crippen LogP contribution is 2.10. The van der Waals surface area contributed by atoms with Gasteiger partial charge in [0, 0.05) is 18.8 Å². The van der Waals surface area contributed by atoms with Gasteiger partial charge in [-0.15, -0.1) is 0 Å². The van der Waals surface area contributed by atoms with Crippen molar-refractivity contribution in [1.82, 2.24) is 10.6 Å². The summed E-state index contributed by atoms with van der Waals surface area (Å²) in [5.41, 5.74) is 8.46. The third-order valence-electron chi connectivity index (χ3n) is 3.80. The maximum Gasteiger partial charge on any atom is 0.404 e. The van der Waals surface area contributed by atoms with Crippen LogP contribution in [0.2, 0.25) is 0 Å². The molecule has 0 bridgehead atoms. The molecular formula is C18H23N3O3. The van der Waals surface area contributed by atoms with E-state index < -0.39 is 18.2 Å². The average Bonchev–Trinajstić information content (AvgIpc) is 2.56.